The number of halogens is 3. The van der Waals surface area contributed by atoms with Crippen LogP contribution >= 0.6 is 57.9 Å². The van der Waals surface area contributed by atoms with Crippen molar-refractivity contribution in [2.75, 3.05) is 17.6 Å². The van der Waals surface area contributed by atoms with Gasteiger partial charge in [0.1, 0.15) is 0 Å². The summed E-state index contributed by atoms with van der Waals surface area (Å²) in [5, 5.41) is 11.1. The number of aromatic nitrogens is 2. The molecule has 0 aliphatic rings. The fourth-order valence-corrected chi connectivity index (χ4v) is 5.63. The van der Waals surface area contributed by atoms with Gasteiger partial charge in [-0.25, -0.2) is 13.1 Å². The lowest BCUT2D eigenvalue weighted by Gasteiger charge is -2.04. The van der Waals surface area contributed by atoms with E-state index in [-0.39, 0.29) is 26.6 Å². The van der Waals surface area contributed by atoms with Crippen LogP contribution < -0.4 is 10.0 Å². The van der Waals surface area contributed by atoms with Gasteiger partial charge in [-0.1, -0.05) is 46.1 Å². The quantitative estimate of drug-likeness (QED) is 0.249. The first-order chi connectivity index (χ1) is 14.2. The largest absolute Gasteiger partial charge is 0.296 e. The van der Waals surface area contributed by atoms with E-state index in [4.69, 9.17) is 34.8 Å². The summed E-state index contributed by atoms with van der Waals surface area (Å²) < 4.78 is 26.9. The normalized spacial score (nSPS) is 11.4. The van der Waals surface area contributed by atoms with Gasteiger partial charge in [0.25, 0.3) is 15.9 Å². The highest BCUT2D eigenvalue weighted by atomic mass is 35.5. The number of nitrogens with zero attached hydrogens (tertiary/aromatic N) is 2. The second-order valence-electron chi connectivity index (χ2n) is 5.65. The Balaban J connectivity index is 1.55. The maximum absolute atomic E-state index is 12.4. The molecule has 0 saturated carbocycles. The Morgan fingerprint density at radius 1 is 1.03 bits per heavy atom. The molecule has 2 aromatic carbocycles. The molecular formula is C17H13Cl3N4O3S3. The maximum atomic E-state index is 12.4. The molecular weight excluding hydrogens is 511 g/mol. The minimum absolute atomic E-state index is 0.0296. The third-order valence-electron chi connectivity index (χ3n) is 3.51. The second-order valence-corrected chi connectivity index (χ2v) is 11.0. The van der Waals surface area contributed by atoms with Crippen molar-refractivity contribution < 1.29 is 13.2 Å². The van der Waals surface area contributed by atoms with Gasteiger partial charge in [-0.2, -0.15) is 0 Å². The first kappa shape index (κ1) is 23.3. The van der Waals surface area contributed by atoms with Gasteiger partial charge >= 0.3 is 0 Å². The molecule has 0 bridgehead atoms. The van der Waals surface area contributed by atoms with E-state index in [9.17, 15) is 13.2 Å². The summed E-state index contributed by atoms with van der Waals surface area (Å²) in [6.45, 7) is 0.192. The van der Waals surface area contributed by atoms with Crippen molar-refractivity contribution in [3.8, 4) is 0 Å². The van der Waals surface area contributed by atoms with E-state index < -0.39 is 15.9 Å². The minimum atomic E-state index is -3.85. The van der Waals surface area contributed by atoms with Crippen molar-refractivity contribution in [3.05, 3.63) is 63.1 Å². The zero-order chi connectivity index (χ0) is 21.7. The molecule has 0 unspecified atom stereocenters. The van der Waals surface area contributed by atoms with Crippen molar-refractivity contribution in [3.63, 3.8) is 0 Å². The van der Waals surface area contributed by atoms with Crippen LogP contribution in [0.2, 0.25) is 15.1 Å². The number of anilines is 1. The first-order valence-corrected chi connectivity index (χ1v) is 12.6. The molecule has 1 amide bonds. The van der Waals surface area contributed by atoms with E-state index in [1.165, 1.54) is 30.0 Å². The number of thioether (sulfide) groups is 1. The number of benzene rings is 2. The van der Waals surface area contributed by atoms with Gasteiger partial charge in [0.2, 0.25) is 9.47 Å². The van der Waals surface area contributed by atoms with Crippen LogP contribution in [-0.4, -0.2) is 36.8 Å². The third-order valence-corrected chi connectivity index (χ3v) is 7.99. The summed E-state index contributed by atoms with van der Waals surface area (Å²) in [6.07, 6.45) is 0. The molecule has 0 radical (unpaired) electrons. The Labute approximate surface area is 196 Å². The molecule has 0 aliphatic heterocycles. The number of hydrogen-bond acceptors (Lipinski definition) is 7. The Hall–Kier alpha value is -1.40. The number of nitrogens with one attached hydrogen (secondary N) is 2. The van der Waals surface area contributed by atoms with Gasteiger partial charge in [0.05, 0.1) is 10.6 Å². The summed E-state index contributed by atoms with van der Waals surface area (Å²) in [5.41, 5.74) is 0.179. The molecule has 0 spiro atoms. The number of rotatable bonds is 8. The van der Waals surface area contributed by atoms with E-state index in [2.05, 4.69) is 20.2 Å². The number of hydrogen-bond donors (Lipinski definition) is 2. The average Bonchev–Trinajstić information content (AvgIpc) is 3.16. The van der Waals surface area contributed by atoms with E-state index in [0.717, 1.165) is 16.2 Å². The molecule has 7 nitrogen and oxygen atoms in total. The van der Waals surface area contributed by atoms with Crippen LogP contribution in [0.15, 0.2) is 51.7 Å². The smallest absolute Gasteiger partial charge is 0.269 e. The molecule has 3 aromatic rings. The van der Waals surface area contributed by atoms with E-state index in [1.54, 1.807) is 12.1 Å². The molecule has 0 atom stereocenters. The predicted molar refractivity (Wildman–Crippen MR) is 122 cm³/mol. The molecule has 0 fully saturated rings. The lowest BCUT2D eigenvalue weighted by atomic mass is 10.2. The van der Waals surface area contributed by atoms with Gasteiger partial charge in [-0.15, -0.1) is 22.0 Å². The Kier molecular flexibility index (Phi) is 7.97. The van der Waals surface area contributed by atoms with Crippen LogP contribution in [0.1, 0.15) is 10.4 Å². The highest BCUT2D eigenvalue weighted by Crippen LogP contribution is 2.24. The number of carbonyl (C=O) groups excluding carboxylic acids is 1. The standard InChI is InChI=1S/C17H13Cl3N4O3S3/c18-10-1-4-12(5-2-10)28-8-7-21-30(26,27)17-24-23-16(29-17)22-15(25)13-6-3-11(19)9-14(13)20/h1-6,9,21H,7-8H2,(H,22,23,25). The monoisotopic (exact) mass is 522 g/mol. The highest BCUT2D eigenvalue weighted by molar-refractivity contribution is 7.99. The Morgan fingerprint density at radius 2 is 1.73 bits per heavy atom. The lowest BCUT2D eigenvalue weighted by molar-refractivity contribution is 0.102. The maximum Gasteiger partial charge on any atom is 0.269 e. The fraction of sp³-hybridized carbons (Fsp3) is 0.118. The average molecular weight is 524 g/mol. The number of sulfonamides is 1. The lowest BCUT2D eigenvalue weighted by Crippen LogP contribution is -2.25. The van der Waals surface area contributed by atoms with Crippen LogP contribution in [0.4, 0.5) is 5.13 Å². The second kappa shape index (κ2) is 10.3. The molecule has 1 heterocycles. The SMILES string of the molecule is O=C(Nc1nnc(S(=O)(=O)NCCSc2ccc(Cl)cc2)s1)c1ccc(Cl)cc1Cl. The van der Waals surface area contributed by atoms with Crippen LogP contribution in [0.5, 0.6) is 0 Å². The Morgan fingerprint density at radius 3 is 2.43 bits per heavy atom. The summed E-state index contributed by atoms with van der Waals surface area (Å²) in [5.74, 6) is -0.0395. The zero-order valence-corrected chi connectivity index (χ0v) is 19.7. The minimum Gasteiger partial charge on any atom is -0.296 e. The molecule has 1 aromatic heterocycles. The molecule has 158 valence electrons. The van der Waals surface area contributed by atoms with Gasteiger partial charge in [0, 0.05) is 27.2 Å². The Bertz CT molecular complexity index is 1150. The molecule has 30 heavy (non-hydrogen) atoms. The van der Waals surface area contributed by atoms with Crippen LogP contribution in [0.25, 0.3) is 0 Å². The van der Waals surface area contributed by atoms with Gasteiger partial charge in [-0.05, 0) is 42.5 Å². The summed E-state index contributed by atoms with van der Waals surface area (Å²) in [6, 6.07) is 11.6. The topological polar surface area (TPSA) is 101 Å². The molecule has 0 saturated heterocycles. The summed E-state index contributed by atoms with van der Waals surface area (Å²) in [4.78, 5) is 13.3. The van der Waals surface area contributed by atoms with Crippen LogP contribution in [0, 0.1) is 0 Å². The van der Waals surface area contributed by atoms with Gasteiger partial charge in [0.15, 0.2) is 0 Å². The molecule has 13 heteroatoms. The number of amides is 1. The van der Waals surface area contributed by atoms with E-state index >= 15 is 0 Å². The first-order valence-electron chi connectivity index (χ1n) is 8.22. The van der Waals surface area contributed by atoms with Crippen LogP contribution in [-0.2, 0) is 10.0 Å². The zero-order valence-electron chi connectivity index (χ0n) is 14.9. The summed E-state index contributed by atoms with van der Waals surface area (Å²) >= 11 is 19.9. The molecule has 3 rings (SSSR count). The summed E-state index contributed by atoms with van der Waals surface area (Å²) in [7, 11) is -3.85. The van der Waals surface area contributed by atoms with Gasteiger partial charge < -0.3 is 0 Å². The van der Waals surface area contributed by atoms with Crippen molar-refractivity contribution in [2.45, 2.75) is 9.24 Å². The van der Waals surface area contributed by atoms with Crippen molar-refractivity contribution >= 4 is 79.0 Å². The third kappa shape index (κ3) is 6.30. The van der Waals surface area contributed by atoms with Crippen molar-refractivity contribution in [1.29, 1.82) is 0 Å². The highest BCUT2D eigenvalue weighted by Gasteiger charge is 2.21. The van der Waals surface area contributed by atoms with Gasteiger partial charge in [-0.3, -0.25) is 10.1 Å². The van der Waals surface area contributed by atoms with Crippen LogP contribution in [0.3, 0.4) is 0 Å². The molecule has 2 N–H and O–H groups in total. The molecule has 0 aliphatic carbocycles. The van der Waals surface area contributed by atoms with Crippen molar-refractivity contribution in [1.82, 2.24) is 14.9 Å². The number of carbonyl (C=O) groups is 1. The van der Waals surface area contributed by atoms with E-state index in [0.29, 0.717) is 15.8 Å². The van der Waals surface area contributed by atoms with Crippen molar-refractivity contribution in [2.24, 2.45) is 0 Å². The fourth-order valence-electron chi connectivity index (χ4n) is 2.14. The van der Waals surface area contributed by atoms with E-state index in [1.807, 2.05) is 12.1 Å². The predicted octanol–water partition coefficient (Wildman–Crippen LogP) is 4.82.